The van der Waals surface area contributed by atoms with Crippen LogP contribution in [-0.4, -0.2) is 26.4 Å². The lowest BCUT2D eigenvalue weighted by Gasteiger charge is -2.29. The predicted octanol–water partition coefficient (Wildman–Crippen LogP) is 2.52. The molecule has 0 saturated heterocycles. The summed E-state index contributed by atoms with van der Waals surface area (Å²) in [5.74, 6) is 1.94. The Bertz CT molecular complexity index is 375. The molecule has 1 aromatic rings. The van der Waals surface area contributed by atoms with Crippen molar-refractivity contribution in [1.29, 1.82) is 0 Å². The zero-order valence-corrected chi connectivity index (χ0v) is 11.9. The third kappa shape index (κ3) is 3.07. The Hall–Kier alpha value is -1.42. The minimum absolute atomic E-state index is 0.421. The molecule has 0 radical (unpaired) electrons. The van der Waals surface area contributed by atoms with E-state index in [0.717, 1.165) is 12.0 Å². The highest BCUT2D eigenvalue weighted by Crippen LogP contribution is 2.40. The molecule has 0 aliphatic heterocycles. The van der Waals surface area contributed by atoms with Crippen LogP contribution in [0.25, 0.3) is 0 Å². The molecule has 0 heterocycles. The van der Waals surface area contributed by atoms with E-state index < -0.39 is 5.60 Å². The first-order valence-corrected chi connectivity index (χ1v) is 6.11. The first kappa shape index (κ1) is 14.6. The van der Waals surface area contributed by atoms with Gasteiger partial charge in [0.2, 0.25) is 5.75 Å². The van der Waals surface area contributed by atoms with Crippen molar-refractivity contribution in [3.05, 3.63) is 17.7 Å². The molecule has 0 fully saturated rings. The highest BCUT2D eigenvalue weighted by atomic mass is 16.5. The number of hydrogen-bond donors (Lipinski definition) is 1. The molecular formula is C14H23NO3. The summed E-state index contributed by atoms with van der Waals surface area (Å²) in [6.07, 6.45) is 0.809. The van der Waals surface area contributed by atoms with Gasteiger partial charge in [0.25, 0.3) is 0 Å². The lowest BCUT2D eigenvalue weighted by molar-refractivity contribution is 0.0854. The van der Waals surface area contributed by atoms with Crippen molar-refractivity contribution in [2.24, 2.45) is 5.73 Å². The van der Waals surface area contributed by atoms with Gasteiger partial charge in [-0.15, -0.1) is 0 Å². The number of hydrogen-bond acceptors (Lipinski definition) is 4. The van der Waals surface area contributed by atoms with Crippen LogP contribution in [0.15, 0.2) is 12.1 Å². The van der Waals surface area contributed by atoms with Crippen LogP contribution in [0, 0.1) is 6.92 Å². The van der Waals surface area contributed by atoms with E-state index in [1.165, 1.54) is 0 Å². The monoisotopic (exact) mass is 253 g/mol. The fourth-order valence-electron chi connectivity index (χ4n) is 1.62. The van der Waals surface area contributed by atoms with Crippen molar-refractivity contribution in [2.45, 2.75) is 32.8 Å². The second-order valence-corrected chi connectivity index (χ2v) is 4.61. The quantitative estimate of drug-likeness (QED) is 0.846. The predicted molar refractivity (Wildman–Crippen MR) is 72.7 cm³/mol. The van der Waals surface area contributed by atoms with Gasteiger partial charge in [0.15, 0.2) is 11.5 Å². The number of aryl methyl sites for hydroxylation is 1. The second kappa shape index (κ2) is 5.96. The van der Waals surface area contributed by atoms with Crippen LogP contribution in [-0.2, 0) is 0 Å². The average Bonchev–Trinajstić information content (AvgIpc) is 2.39. The highest BCUT2D eigenvalue weighted by molar-refractivity contribution is 5.53. The number of ether oxygens (including phenoxy) is 3. The second-order valence-electron chi connectivity index (χ2n) is 4.61. The standard InChI is InChI=1S/C14H23NO3/c1-6-14(3,9-15)18-13-11(16-4)7-10(2)8-12(13)17-5/h7-8H,6,9,15H2,1-5H3. The Morgan fingerprint density at radius 1 is 1.17 bits per heavy atom. The van der Waals surface area contributed by atoms with Gasteiger partial charge >= 0.3 is 0 Å². The van der Waals surface area contributed by atoms with Crippen molar-refractivity contribution in [3.63, 3.8) is 0 Å². The van der Waals surface area contributed by atoms with Crippen molar-refractivity contribution >= 4 is 0 Å². The molecule has 0 spiro atoms. The molecule has 1 rings (SSSR count). The molecule has 0 saturated carbocycles. The maximum atomic E-state index is 6.02. The first-order chi connectivity index (χ1) is 8.49. The molecule has 0 bridgehead atoms. The van der Waals surface area contributed by atoms with Crippen LogP contribution < -0.4 is 19.9 Å². The molecular weight excluding hydrogens is 230 g/mol. The number of methoxy groups -OCH3 is 2. The zero-order valence-electron chi connectivity index (χ0n) is 11.9. The minimum Gasteiger partial charge on any atom is -0.493 e. The average molecular weight is 253 g/mol. The van der Waals surface area contributed by atoms with Gasteiger partial charge in [0.05, 0.1) is 14.2 Å². The summed E-state index contributed by atoms with van der Waals surface area (Å²) in [6.45, 7) is 6.44. The molecule has 18 heavy (non-hydrogen) atoms. The summed E-state index contributed by atoms with van der Waals surface area (Å²) in [5.41, 5.74) is 6.41. The molecule has 1 aromatic carbocycles. The lowest BCUT2D eigenvalue weighted by Crippen LogP contribution is -2.40. The Kier molecular flexibility index (Phi) is 4.84. The summed E-state index contributed by atoms with van der Waals surface area (Å²) < 4.78 is 16.7. The van der Waals surface area contributed by atoms with E-state index in [1.807, 2.05) is 32.9 Å². The summed E-state index contributed by atoms with van der Waals surface area (Å²) in [4.78, 5) is 0. The van der Waals surface area contributed by atoms with E-state index in [0.29, 0.717) is 23.8 Å². The third-order valence-electron chi connectivity index (χ3n) is 3.13. The number of benzene rings is 1. The Morgan fingerprint density at radius 3 is 2.00 bits per heavy atom. The lowest BCUT2D eigenvalue weighted by atomic mass is 10.0. The van der Waals surface area contributed by atoms with Crippen LogP contribution in [0.2, 0.25) is 0 Å². The molecule has 4 nitrogen and oxygen atoms in total. The Morgan fingerprint density at radius 2 is 1.67 bits per heavy atom. The van der Waals surface area contributed by atoms with Gasteiger partial charge in [0, 0.05) is 6.54 Å². The van der Waals surface area contributed by atoms with E-state index >= 15 is 0 Å². The maximum Gasteiger partial charge on any atom is 0.204 e. The van der Waals surface area contributed by atoms with Gasteiger partial charge in [-0.05, 0) is 38.0 Å². The summed E-state index contributed by atoms with van der Waals surface area (Å²) in [7, 11) is 3.24. The van der Waals surface area contributed by atoms with Crippen LogP contribution in [0.4, 0.5) is 0 Å². The molecule has 102 valence electrons. The Labute approximate surface area is 109 Å². The summed E-state index contributed by atoms with van der Waals surface area (Å²) >= 11 is 0. The fraction of sp³-hybridized carbons (Fsp3) is 0.571. The summed E-state index contributed by atoms with van der Waals surface area (Å²) in [6, 6.07) is 3.84. The summed E-state index contributed by atoms with van der Waals surface area (Å²) in [5, 5.41) is 0. The number of nitrogens with two attached hydrogens (primary N) is 1. The van der Waals surface area contributed by atoms with Crippen LogP contribution in [0.1, 0.15) is 25.8 Å². The topological polar surface area (TPSA) is 53.7 Å². The smallest absolute Gasteiger partial charge is 0.204 e. The molecule has 4 heteroatoms. The van der Waals surface area contributed by atoms with Gasteiger partial charge in [-0.3, -0.25) is 0 Å². The molecule has 2 N–H and O–H groups in total. The minimum atomic E-state index is -0.421. The Balaban J connectivity index is 3.21. The largest absolute Gasteiger partial charge is 0.493 e. The van der Waals surface area contributed by atoms with Crippen LogP contribution in [0.3, 0.4) is 0 Å². The van der Waals surface area contributed by atoms with E-state index in [2.05, 4.69) is 0 Å². The van der Waals surface area contributed by atoms with Crippen LogP contribution >= 0.6 is 0 Å². The van der Waals surface area contributed by atoms with Gasteiger partial charge in [0.1, 0.15) is 5.60 Å². The van der Waals surface area contributed by atoms with Gasteiger partial charge in [-0.2, -0.15) is 0 Å². The van der Waals surface area contributed by atoms with Gasteiger partial charge in [-0.25, -0.2) is 0 Å². The molecule has 0 aliphatic rings. The highest BCUT2D eigenvalue weighted by Gasteiger charge is 2.26. The normalized spacial score (nSPS) is 13.9. The van der Waals surface area contributed by atoms with E-state index in [4.69, 9.17) is 19.9 Å². The van der Waals surface area contributed by atoms with E-state index in [9.17, 15) is 0 Å². The molecule has 1 atom stereocenters. The van der Waals surface area contributed by atoms with Crippen LogP contribution in [0.5, 0.6) is 17.2 Å². The molecule has 0 amide bonds. The zero-order chi connectivity index (χ0) is 13.8. The van der Waals surface area contributed by atoms with Crippen molar-refractivity contribution in [3.8, 4) is 17.2 Å². The third-order valence-corrected chi connectivity index (χ3v) is 3.13. The van der Waals surface area contributed by atoms with Crippen molar-refractivity contribution in [2.75, 3.05) is 20.8 Å². The van der Waals surface area contributed by atoms with E-state index in [1.54, 1.807) is 14.2 Å². The molecule has 1 unspecified atom stereocenters. The number of rotatable bonds is 6. The van der Waals surface area contributed by atoms with Gasteiger partial charge in [-0.1, -0.05) is 6.92 Å². The molecule has 0 aliphatic carbocycles. The first-order valence-electron chi connectivity index (χ1n) is 6.11. The van der Waals surface area contributed by atoms with Crippen molar-refractivity contribution < 1.29 is 14.2 Å². The maximum absolute atomic E-state index is 6.02. The van der Waals surface area contributed by atoms with Gasteiger partial charge < -0.3 is 19.9 Å². The SMILES string of the molecule is CCC(C)(CN)Oc1c(OC)cc(C)cc1OC. The van der Waals surface area contributed by atoms with E-state index in [-0.39, 0.29) is 0 Å². The fourth-order valence-corrected chi connectivity index (χ4v) is 1.62. The molecule has 0 aromatic heterocycles. The van der Waals surface area contributed by atoms with Crippen molar-refractivity contribution in [1.82, 2.24) is 0 Å².